The summed E-state index contributed by atoms with van der Waals surface area (Å²) in [6.07, 6.45) is -2.70. The van der Waals surface area contributed by atoms with Gasteiger partial charge in [-0.15, -0.1) is 0 Å². The first-order chi connectivity index (χ1) is 7.48. The van der Waals surface area contributed by atoms with Gasteiger partial charge >= 0.3 is 6.18 Å². The summed E-state index contributed by atoms with van der Waals surface area (Å²) >= 11 is 0. The average Bonchev–Trinajstić information content (AvgIpc) is 2.69. The van der Waals surface area contributed by atoms with Gasteiger partial charge in [0, 0.05) is 6.04 Å². The smallest absolute Gasteiger partial charge is 0.419 e. The predicted octanol–water partition coefficient (Wildman–Crippen LogP) is 2.84. The summed E-state index contributed by atoms with van der Waals surface area (Å²) in [7, 11) is 0. The van der Waals surface area contributed by atoms with Crippen molar-refractivity contribution in [3.63, 3.8) is 0 Å². The third-order valence-electron chi connectivity index (χ3n) is 2.79. The molecule has 0 bridgehead atoms. The Balaban J connectivity index is 2.35. The molecule has 0 radical (unpaired) electrons. The lowest BCUT2D eigenvalue weighted by atomic mass is 10.0. The fraction of sp³-hybridized carbons (Fsp3) is 0.455. The van der Waals surface area contributed by atoms with Crippen LogP contribution < -0.4 is 5.32 Å². The SMILES string of the molecule is Oc1ccc(C2CCCN2)cc1C(F)(F)F. The van der Waals surface area contributed by atoms with Crippen LogP contribution >= 0.6 is 0 Å². The number of phenols is 1. The van der Waals surface area contributed by atoms with Crippen LogP contribution in [-0.2, 0) is 6.18 Å². The zero-order valence-corrected chi connectivity index (χ0v) is 8.51. The number of aromatic hydroxyl groups is 1. The van der Waals surface area contributed by atoms with Gasteiger partial charge in [0.2, 0.25) is 0 Å². The van der Waals surface area contributed by atoms with Crippen molar-refractivity contribution >= 4 is 0 Å². The Hall–Kier alpha value is -1.23. The highest BCUT2D eigenvalue weighted by Gasteiger charge is 2.34. The maximum atomic E-state index is 12.5. The number of rotatable bonds is 1. The minimum Gasteiger partial charge on any atom is -0.507 e. The van der Waals surface area contributed by atoms with E-state index in [1.54, 1.807) is 0 Å². The number of benzene rings is 1. The van der Waals surface area contributed by atoms with Crippen LogP contribution in [0.25, 0.3) is 0 Å². The Labute approximate surface area is 91.1 Å². The molecule has 2 N–H and O–H groups in total. The molecule has 0 aliphatic carbocycles. The van der Waals surface area contributed by atoms with E-state index < -0.39 is 17.5 Å². The van der Waals surface area contributed by atoms with E-state index in [0.717, 1.165) is 31.5 Å². The minimum atomic E-state index is -4.50. The van der Waals surface area contributed by atoms with Crippen LogP contribution in [0.2, 0.25) is 0 Å². The summed E-state index contributed by atoms with van der Waals surface area (Å²) in [6, 6.07) is 3.64. The normalized spacial score (nSPS) is 21.3. The van der Waals surface area contributed by atoms with Gasteiger partial charge in [0.1, 0.15) is 5.75 Å². The van der Waals surface area contributed by atoms with Crippen molar-refractivity contribution in [2.75, 3.05) is 6.54 Å². The molecule has 1 aromatic carbocycles. The number of phenolic OH excluding ortho intramolecular Hbond substituents is 1. The largest absolute Gasteiger partial charge is 0.507 e. The molecule has 1 unspecified atom stereocenters. The second-order valence-electron chi connectivity index (χ2n) is 3.92. The average molecular weight is 231 g/mol. The van der Waals surface area contributed by atoms with Crippen molar-refractivity contribution in [3.05, 3.63) is 29.3 Å². The zero-order chi connectivity index (χ0) is 11.8. The number of hydrogen-bond acceptors (Lipinski definition) is 2. The Bertz CT molecular complexity index is 383. The van der Waals surface area contributed by atoms with Crippen LogP contribution in [0.3, 0.4) is 0 Å². The van der Waals surface area contributed by atoms with E-state index >= 15 is 0 Å². The maximum Gasteiger partial charge on any atom is 0.419 e. The standard InChI is InChI=1S/C11H12F3NO/c12-11(13,14)8-6-7(3-4-10(8)16)9-2-1-5-15-9/h3-4,6,9,15-16H,1-2,5H2. The topological polar surface area (TPSA) is 32.3 Å². The quantitative estimate of drug-likeness (QED) is 0.779. The van der Waals surface area contributed by atoms with Gasteiger partial charge in [0.05, 0.1) is 5.56 Å². The zero-order valence-electron chi connectivity index (χ0n) is 8.51. The van der Waals surface area contributed by atoms with E-state index in [1.165, 1.54) is 6.07 Å². The third kappa shape index (κ3) is 2.14. The van der Waals surface area contributed by atoms with E-state index in [9.17, 15) is 18.3 Å². The van der Waals surface area contributed by atoms with E-state index in [1.807, 2.05) is 0 Å². The van der Waals surface area contributed by atoms with Gasteiger partial charge in [-0.05, 0) is 37.1 Å². The van der Waals surface area contributed by atoms with Crippen LogP contribution in [0.1, 0.15) is 30.0 Å². The van der Waals surface area contributed by atoms with Crippen molar-refractivity contribution in [2.24, 2.45) is 0 Å². The molecule has 1 atom stereocenters. The molecule has 1 saturated heterocycles. The Kier molecular flexibility index (Phi) is 2.80. The number of halogens is 3. The molecule has 0 aromatic heterocycles. The van der Waals surface area contributed by atoms with E-state index in [2.05, 4.69) is 5.32 Å². The van der Waals surface area contributed by atoms with Gasteiger partial charge in [0.15, 0.2) is 0 Å². The molecule has 5 heteroatoms. The van der Waals surface area contributed by atoms with Crippen molar-refractivity contribution in [1.29, 1.82) is 0 Å². The monoisotopic (exact) mass is 231 g/mol. The molecule has 2 rings (SSSR count). The maximum absolute atomic E-state index is 12.5. The van der Waals surface area contributed by atoms with Crippen LogP contribution in [0.5, 0.6) is 5.75 Å². The number of hydrogen-bond donors (Lipinski definition) is 2. The second-order valence-corrected chi connectivity index (χ2v) is 3.92. The lowest BCUT2D eigenvalue weighted by molar-refractivity contribution is -0.138. The van der Waals surface area contributed by atoms with Crippen molar-refractivity contribution in [3.8, 4) is 5.75 Å². The highest BCUT2D eigenvalue weighted by molar-refractivity contribution is 5.39. The Morgan fingerprint density at radius 1 is 1.31 bits per heavy atom. The number of nitrogens with one attached hydrogen (secondary N) is 1. The molecule has 1 heterocycles. The summed E-state index contributed by atoms with van der Waals surface area (Å²) in [5.74, 6) is -0.714. The van der Waals surface area contributed by atoms with Crippen molar-refractivity contribution in [2.45, 2.75) is 25.1 Å². The molecular weight excluding hydrogens is 219 g/mol. The first-order valence-corrected chi connectivity index (χ1v) is 5.12. The molecule has 1 aliphatic heterocycles. The molecule has 0 spiro atoms. The minimum absolute atomic E-state index is 0.0262. The molecule has 0 amide bonds. The van der Waals surface area contributed by atoms with E-state index in [0.29, 0.717) is 5.56 Å². The summed E-state index contributed by atoms with van der Waals surface area (Å²) in [4.78, 5) is 0. The van der Waals surface area contributed by atoms with Crippen molar-refractivity contribution < 1.29 is 18.3 Å². The molecule has 2 nitrogen and oxygen atoms in total. The first kappa shape index (κ1) is 11.3. The molecule has 16 heavy (non-hydrogen) atoms. The summed E-state index contributed by atoms with van der Waals surface area (Å²) in [5, 5.41) is 12.3. The molecule has 1 aliphatic rings. The number of alkyl halides is 3. The van der Waals surface area contributed by atoms with Gasteiger partial charge < -0.3 is 10.4 Å². The third-order valence-corrected chi connectivity index (χ3v) is 2.79. The predicted molar refractivity (Wildman–Crippen MR) is 53.1 cm³/mol. The lowest BCUT2D eigenvalue weighted by Gasteiger charge is -2.14. The van der Waals surface area contributed by atoms with Crippen molar-refractivity contribution in [1.82, 2.24) is 5.32 Å². The van der Waals surface area contributed by atoms with Gasteiger partial charge in [-0.2, -0.15) is 13.2 Å². The van der Waals surface area contributed by atoms with Gasteiger partial charge in [-0.1, -0.05) is 6.07 Å². The summed E-state index contributed by atoms with van der Waals surface area (Å²) in [6.45, 7) is 0.826. The highest BCUT2D eigenvalue weighted by atomic mass is 19.4. The summed E-state index contributed by atoms with van der Waals surface area (Å²) in [5.41, 5.74) is -0.374. The first-order valence-electron chi connectivity index (χ1n) is 5.12. The van der Waals surface area contributed by atoms with Crippen LogP contribution in [0.15, 0.2) is 18.2 Å². The van der Waals surface area contributed by atoms with Crippen LogP contribution in [0.4, 0.5) is 13.2 Å². The fourth-order valence-electron chi connectivity index (χ4n) is 1.97. The lowest BCUT2D eigenvalue weighted by Crippen LogP contribution is -2.14. The Morgan fingerprint density at radius 2 is 2.06 bits per heavy atom. The van der Waals surface area contributed by atoms with Crippen LogP contribution in [-0.4, -0.2) is 11.7 Å². The molecule has 88 valence electrons. The van der Waals surface area contributed by atoms with Gasteiger partial charge in [-0.3, -0.25) is 0 Å². The molecule has 1 fully saturated rings. The fourth-order valence-corrected chi connectivity index (χ4v) is 1.97. The van der Waals surface area contributed by atoms with E-state index in [4.69, 9.17) is 0 Å². The summed E-state index contributed by atoms with van der Waals surface area (Å²) < 4.78 is 37.6. The van der Waals surface area contributed by atoms with Crippen LogP contribution in [0, 0.1) is 0 Å². The van der Waals surface area contributed by atoms with Gasteiger partial charge in [-0.25, -0.2) is 0 Å². The Morgan fingerprint density at radius 3 is 2.62 bits per heavy atom. The highest BCUT2D eigenvalue weighted by Crippen LogP contribution is 2.37. The second kappa shape index (κ2) is 3.97. The van der Waals surface area contributed by atoms with E-state index in [-0.39, 0.29) is 6.04 Å². The molecule has 1 aromatic rings. The molecule has 0 saturated carbocycles. The molecular formula is C11H12F3NO. The van der Waals surface area contributed by atoms with Gasteiger partial charge in [0.25, 0.3) is 0 Å².